The Balaban J connectivity index is 2.24. The zero-order valence-corrected chi connectivity index (χ0v) is 14.6. The van der Waals surface area contributed by atoms with Crippen molar-refractivity contribution in [3.8, 4) is 5.75 Å². The van der Waals surface area contributed by atoms with Gasteiger partial charge in [0.15, 0.2) is 6.61 Å². The summed E-state index contributed by atoms with van der Waals surface area (Å²) < 4.78 is 5.17. The van der Waals surface area contributed by atoms with Crippen LogP contribution in [0.2, 0.25) is 0 Å². The zero-order chi connectivity index (χ0) is 18.8. The predicted octanol–water partition coefficient (Wildman–Crippen LogP) is 2.94. The van der Waals surface area contributed by atoms with Crippen LogP contribution in [0.15, 0.2) is 64.9 Å². The molecule has 136 valence electrons. The monoisotopic (exact) mass is 356 g/mol. The molecule has 0 amide bonds. The standard InChI is InChI=1S/C19H20N2O5/c1-24-17-10-8-15(9-11-17)19(14-6-4-3-5-7-14)21-26-13-16(20-25-2)12-18(22)23/h3-11H,12-13H2,1-2H3,(H,22,23). The van der Waals surface area contributed by atoms with Gasteiger partial charge in [0, 0.05) is 11.1 Å². The molecule has 0 bridgehead atoms. The summed E-state index contributed by atoms with van der Waals surface area (Å²) in [6, 6.07) is 16.9. The lowest BCUT2D eigenvalue weighted by atomic mass is 10.0. The van der Waals surface area contributed by atoms with E-state index in [1.54, 1.807) is 7.11 Å². The number of carboxylic acids is 1. The van der Waals surface area contributed by atoms with Crippen molar-refractivity contribution < 1.29 is 24.3 Å². The highest BCUT2D eigenvalue weighted by atomic mass is 16.6. The van der Waals surface area contributed by atoms with E-state index in [2.05, 4.69) is 15.1 Å². The van der Waals surface area contributed by atoms with Gasteiger partial charge in [0.2, 0.25) is 0 Å². The summed E-state index contributed by atoms with van der Waals surface area (Å²) in [5.41, 5.74) is 2.54. The molecule has 0 aromatic heterocycles. The fraction of sp³-hybridized carbons (Fsp3) is 0.211. The van der Waals surface area contributed by atoms with E-state index < -0.39 is 5.97 Å². The number of carboxylic acid groups (broad SMARTS) is 1. The Morgan fingerprint density at radius 1 is 0.962 bits per heavy atom. The number of oxime groups is 2. The summed E-state index contributed by atoms with van der Waals surface area (Å²) in [7, 11) is 2.95. The Morgan fingerprint density at radius 2 is 1.62 bits per heavy atom. The van der Waals surface area contributed by atoms with Gasteiger partial charge >= 0.3 is 5.97 Å². The van der Waals surface area contributed by atoms with Crippen LogP contribution in [0, 0.1) is 0 Å². The molecular weight excluding hydrogens is 336 g/mol. The summed E-state index contributed by atoms with van der Waals surface area (Å²) in [6.07, 6.45) is -0.285. The highest BCUT2D eigenvalue weighted by Crippen LogP contribution is 2.16. The lowest BCUT2D eigenvalue weighted by Crippen LogP contribution is -2.14. The van der Waals surface area contributed by atoms with Gasteiger partial charge in [-0.2, -0.15) is 0 Å². The molecule has 2 rings (SSSR count). The molecule has 2 aromatic rings. The summed E-state index contributed by atoms with van der Waals surface area (Å²) in [4.78, 5) is 20.8. The summed E-state index contributed by atoms with van der Waals surface area (Å²) in [5.74, 6) is -0.287. The smallest absolute Gasteiger partial charge is 0.309 e. The lowest BCUT2D eigenvalue weighted by Gasteiger charge is -2.09. The molecule has 0 fully saturated rings. The summed E-state index contributed by atoms with van der Waals surface area (Å²) >= 11 is 0. The van der Waals surface area contributed by atoms with Crippen molar-refractivity contribution in [3.05, 3.63) is 65.7 Å². The van der Waals surface area contributed by atoms with Crippen LogP contribution in [0.1, 0.15) is 17.5 Å². The molecule has 7 heteroatoms. The van der Waals surface area contributed by atoms with Crippen LogP contribution in [-0.4, -0.2) is 43.3 Å². The quantitative estimate of drug-likeness (QED) is 0.551. The average Bonchev–Trinajstić information content (AvgIpc) is 2.66. The first-order chi connectivity index (χ1) is 12.6. The van der Waals surface area contributed by atoms with E-state index in [0.717, 1.165) is 16.9 Å². The van der Waals surface area contributed by atoms with Gasteiger partial charge in [0.1, 0.15) is 24.3 Å². The van der Waals surface area contributed by atoms with E-state index in [0.29, 0.717) is 5.71 Å². The van der Waals surface area contributed by atoms with Crippen LogP contribution in [0.4, 0.5) is 0 Å². The van der Waals surface area contributed by atoms with Crippen LogP contribution in [0.5, 0.6) is 5.75 Å². The molecule has 0 unspecified atom stereocenters. The van der Waals surface area contributed by atoms with Crippen LogP contribution in [0.25, 0.3) is 0 Å². The third-order valence-electron chi connectivity index (χ3n) is 3.37. The normalized spacial score (nSPS) is 11.8. The first-order valence-electron chi connectivity index (χ1n) is 7.84. The molecule has 0 aliphatic rings. The van der Waals surface area contributed by atoms with Gasteiger partial charge in [-0.25, -0.2) is 0 Å². The Labute approximate surface area is 151 Å². The van der Waals surface area contributed by atoms with E-state index in [9.17, 15) is 4.79 Å². The first-order valence-corrected chi connectivity index (χ1v) is 7.84. The third kappa shape index (κ3) is 5.62. The van der Waals surface area contributed by atoms with Crippen molar-refractivity contribution in [1.82, 2.24) is 0 Å². The maximum absolute atomic E-state index is 10.8. The molecule has 0 saturated heterocycles. The zero-order valence-electron chi connectivity index (χ0n) is 14.6. The van der Waals surface area contributed by atoms with Gasteiger partial charge in [-0.1, -0.05) is 40.6 Å². The van der Waals surface area contributed by atoms with E-state index in [-0.39, 0.29) is 18.7 Å². The van der Waals surface area contributed by atoms with Gasteiger partial charge in [-0.05, 0) is 24.3 Å². The number of methoxy groups -OCH3 is 1. The van der Waals surface area contributed by atoms with Crippen LogP contribution in [-0.2, 0) is 14.5 Å². The highest BCUT2D eigenvalue weighted by molar-refractivity contribution is 6.12. The maximum atomic E-state index is 10.8. The van der Waals surface area contributed by atoms with Gasteiger partial charge < -0.3 is 19.5 Å². The number of carbonyl (C=O) groups is 1. The maximum Gasteiger partial charge on any atom is 0.309 e. The van der Waals surface area contributed by atoms with E-state index in [1.807, 2.05) is 54.6 Å². The largest absolute Gasteiger partial charge is 0.497 e. The second-order valence-electron chi connectivity index (χ2n) is 5.22. The van der Waals surface area contributed by atoms with Gasteiger partial charge in [0.05, 0.1) is 13.5 Å². The van der Waals surface area contributed by atoms with Gasteiger partial charge in [-0.3, -0.25) is 4.79 Å². The topological polar surface area (TPSA) is 89.7 Å². The number of ether oxygens (including phenoxy) is 1. The van der Waals surface area contributed by atoms with Crippen molar-refractivity contribution in [2.24, 2.45) is 10.3 Å². The lowest BCUT2D eigenvalue weighted by molar-refractivity contribution is -0.135. The summed E-state index contributed by atoms with van der Waals surface area (Å²) in [5, 5.41) is 16.7. The van der Waals surface area contributed by atoms with Crippen molar-refractivity contribution >= 4 is 17.4 Å². The number of aliphatic carboxylic acids is 1. The number of hydrogen-bond acceptors (Lipinski definition) is 6. The molecule has 2 aromatic carbocycles. The average molecular weight is 356 g/mol. The van der Waals surface area contributed by atoms with Gasteiger partial charge in [0.25, 0.3) is 0 Å². The minimum Gasteiger partial charge on any atom is -0.497 e. The SMILES string of the molecule is CON=C(CON=C(c1ccccc1)c1ccc(OC)cc1)CC(=O)O. The molecule has 0 aliphatic heterocycles. The Morgan fingerprint density at radius 3 is 2.19 bits per heavy atom. The highest BCUT2D eigenvalue weighted by Gasteiger charge is 2.11. The second-order valence-corrected chi connectivity index (χ2v) is 5.22. The molecular formula is C19H20N2O5. The number of nitrogens with zero attached hydrogens (tertiary/aromatic N) is 2. The molecule has 0 spiro atoms. The summed E-state index contributed by atoms with van der Waals surface area (Å²) in [6.45, 7) is -0.0906. The van der Waals surface area contributed by atoms with Crippen molar-refractivity contribution in [2.75, 3.05) is 20.8 Å². The second kappa shape index (κ2) is 9.83. The van der Waals surface area contributed by atoms with Crippen LogP contribution in [0.3, 0.4) is 0 Å². The minimum absolute atomic E-state index is 0.0906. The molecule has 0 radical (unpaired) electrons. The number of rotatable bonds is 9. The van der Waals surface area contributed by atoms with E-state index >= 15 is 0 Å². The Hall–Kier alpha value is -3.35. The molecule has 26 heavy (non-hydrogen) atoms. The predicted molar refractivity (Wildman–Crippen MR) is 97.7 cm³/mol. The number of benzene rings is 2. The first kappa shape index (κ1) is 19.0. The van der Waals surface area contributed by atoms with E-state index in [4.69, 9.17) is 14.7 Å². The van der Waals surface area contributed by atoms with Crippen molar-refractivity contribution in [1.29, 1.82) is 0 Å². The van der Waals surface area contributed by atoms with Crippen molar-refractivity contribution in [2.45, 2.75) is 6.42 Å². The molecule has 1 N–H and O–H groups in total. The molecule has 0 aliphatic carbocycles. The van der Waals surface area contributed by atoms with Crippen LogP contribution >= 0.6 is 0 Å². The molecule has 0 heterocycles. The van der Waals surface area contributed by atoms with Crippen molar-refractivity contribution in [3.63, 3.8) is 0 Å². The van der Waals surface area contributed by atoms with E-state index in [1.165, 1.54) is 7.11 Å². The fourth-order valence-corrected chi connectivity index (χ4v) is 2.20. The Bertz CT molecular complexity index is 770. The molecule has 0 saturated carbocycles. The fourth-order valence-electron chi connectivity index (χ4n) is 2.20. The minimum atomic E-state index is -1.02. The third-order valence-corrected chi connectivity index (χ3v) is 3.37. The van der Waals surface area contributed by atoms with Crippen LogP contribution < -0.4 is 4.74 Å². The Kier molecular flexibility index (Phi) is 7.17. The number of hydrogen-bond donors (Lipinski definition) is 1. The molecule has 0 atom stereocenters. The molecule has 7 nitrogen and oxygen atoms in total. The van der Waals surface area contributed by atoms with Gasteiger partial charge in [-0.15, -0.1) is 0 Å².